The van der Waals surface area contributed by atoms with Crippen LogP contribution in [0.15, 0.2) is 54.6 Å². The number of carbonyl (C=O) groups excluding carboxylic acids is 1. The van der Waals surface area contributed by atoms with Crippen molar-refractivity contribution in [2.45, 2.75) is 51.2 Å². The Morgan fingerprint density at radius 1 is 1.17 bits per heavy atom. The molecule has 1 heterocycles. The fourth-order valence-corrected chi connectivity index (χ4v) is 4.59. The van der Waals surface area contributed by atoms with Gasteiger partial charge in [0.1, 0.15) is 11.4 Å². The fourth-order valence-electron chi connectivity index (χ4n) is 4.59. The smallest absolute Gasteiger partial charge is 0.270 e. The first-order chi connectivity index (χ1) is 14.7. The Morgan fingerprint density at radius 3 is 2.83 bits per heavy atom. The van der Waals surface area contributed by atoms with Crippen molar-refractivity contribution in [1.82, 2.24) is 15.2 Å². The number of nitrogens with one attached hydrogen (secondary N) is 2. The highest BCUT2D eigenvalue weighted by Crippen LogP contribution is 2.26. The van der Waals surface area contributed by atoms with Crippen molar-refractivity contribution >= 4 is 16.8 Å². The number of nitrogens with zero attached hydrogens (tertiary/aromatic N) is 1. The van der Waals surface area contributed by atoms with Gasteiger partial charge < -0.3 is 19.9 Å². The van der Waals surface area contributed by atoms with E-state index in [0.717, 1.165) is 55.4 Å². The number of ether oxygens (including phenoxy) is 1. The van der Waals surface area contributed by atoms with E-state index in [-0.39, 0.29) is 11.9 Å². The number of aromatic nitrogens is 1. The molecule has 158 valence electrons. The topological polar surface area (TPSA) is 57.4 Å². The van der Waals surface area contributed by atoms with Crippen molar-refractivity contribution in [1.29, 1.82) is 0 Å². The molecule has 1 fully saturated rings. The number of aromatic amines is 1. The number of hydrogen-bond donors (Lipinski definition) is 2. The SMILES string of the molecule is CCN(C(=O)c1cc2ccccc2[nH]1)[C@H]1CCC[C@@H](NCc2cccc(OC)c2)C1. The van der Waals surface area contributed by atoms with E-state index in [1.165, 1.54) is 5.56 Å². The van der Waals surface area contributed by atoms with E-state index in [9.17, 15) is 4.79 Å². The second-order valence-electron chi connectivity index (χ2n) is 8.11. The second kappa shape index (κ2) is 9.35. The summed E-state index contributed by atoms with van der Waals surface area (Å²) in [5, 5.41) is 4.78. The van der Waals surface area contributed by atoms with Crippen LogP contribution in [0.1, 0.15) is 48.7 Å². The quantitative estimate of drug-likeness (QED) is 0.597. The van der Waals surface area contributed by atoms with Crippen molar-refractivity contribution in [2.75, 3.05) is 13.7 Å². The third kappa shape index (κ3) is 4.51. The van der Waals surface area contributed by atoms with Gasteiger partial charge >= 0.3 is 0 Å². The summed E-state index contributed by atoms with van der Waals surface area (Å²) in [5.74, 6) is 0.990. The molecule has 0 radical (unpaired) electrons. The van der Waals surface area contributed by atoms with Crippen LogP contribution in [0.2, 0.25) is 0 Å². The van der Waals surface area contributed by atoms with Gasteiger partial charge in [0.2, 0.25) is 0 Å². The average Bonchev–Trinajstić information content (AvgIpc) is 3.23. The summed E-state index contributed by atoms with van der Waals surface area (Å²) in [6, 6.07) is 18.9. The van der Waals surface area contributed by atoms with Crippen LogP contribution >= 0.6 is 0 Å². The van der Waals surface area contributed by atoms with Crippen molar-refractivity contribution in [3.63, 3.8) is 0 Å². The van der Waals surface area contributed by atoms with E-state index < -0.39 is 0 Å². The molecule has 0 spiro atoms. The van der Waals surface area contributed by atoms with E-state index in [1.807, 2.05) is 47.4 Å². The van der Waals surface area contributed by atoms with Crippen molar-refractivity contribution < 1.29 is 9.53 Å². The third-order valence-corrected chi connectivity index (χ3v) is 6.18. The largest absolute Gasteiger partial charge is 0.497 e. The summed E-state index contributed by atoms with van der Waals surface area (Å²) in [6.07, 6.45) is 4.34. The lowest BCUT2D eigenvalue weighted by molar-refractivity contribution is 0.0623. The molecule has 1 amide bonds. The molecular weight excluding hydrogens is 374 g/mol. The molecule has 4 rings (SSSR count). The minimum Gasteiger partial charge on any atom is -0.497 e. The zero-order valence-electron chi connectivity index (χ0n) is 17.9. The van der Waals surface area contributed by atoms with E-state index in [0.29, 0.717) is 11.7 Å². The molecule has 2 atom stereocenters. The molecule has 1 aromatic heterocycles. The maximum Gasteiger partial charge on any atom is 0.270 e. The third-order valence-electron chi connectivity index (χ3n) is 6.18. The number of rotatable bonds is 7. The molecule has 1 saturated carbocycles. The Labute approximate surface area is 178 Å². The van der Waals surface area contributed by atoms with Crippen molar-refractivity contribution in [3.8, 4) is 5.75 Å². The number of hydrogen-bond acceptors (Lipinski definition) is 3. The summed E-state index contributed by atoms with van der Waals surface area (Å²) in [7, 11) is 1.70. The van der Waals surface area contributed by atoms with Gasteiger partial charge in [0.25, 0.3) is 5.91 Å². The Kier molecular flexibility index (Phi) is 6.38. The second-order valence-corrected chi connectivity index (χ2v) is 8.11. The first kappa shape index (κ1) is 20.5. The maximum absolute atomic E-state index is 13.3. The van der Waals surface area contributed by atoms with E-state index in [4.69, 9.17) is 4.74 Å². The summed E-state index contributed by atoms with van der Waals surface area (Å²) >= 11 is 0. The average molecular weight is 406 g/mol. The lowest BCUT2D eigenvalue weighted by Crippen LogP contribution is -2.46. The number of amides is 1. The van der Waals surface area contributed by atoms with Gasteiger partial charge in [0.15, 0.2) is 0 Å². The monoisotopic (exact) mass is 405 g/mol. The van der Waals surface area contributed by atoms with Gasteiger partial charge in [-0.05, 0) is 62.4 Å². The van der Waals surface area contributed by atoms with Gasteiger partial charge in [0, 0.05) is 36.1 Å². The molecule has 0 saturated heterocycles. The van der Waals surface area contributed by atoms with Crippen molar-refractivity contribution in [3.05, 3.63) is 65.9 Å². The molecule has 2 N–H and O–H groups in total. The normalized spacial score (nSPS) is 19.0. The summed E-state index contributed by atoms with van der Waals surface area (Å²) in [6.45, 7) is 3.62. The standard InChI is InChI=1S/C25H31N3O2/c1-3-28(25(29)24-15-19-9-4-5-13-23(19)27-24)21-11-7-10-20(16-21)26-17-18-8-6-12-22(14-18)30-2/h4-6,8-9,12-15,20-21,26-27H,3,7,10-11,16-17H2,1-2H3/t20-,21+/m1/s1. The van der Waals surface area contributed by atoms with Crippen LogP contribution in [-0.4, -0.2) is 41.5 Å². The molecule has 1 aliphatic rings. The molecule has 30 heavy (non-hydrogen) atoms. The molecule has 0 unspecified atom stereocenters. The predicted molar refractivity (Wildman–Crippen MR) is 121 cm³/mol. The lowest BCUT2D eigenvalue weighted by Gasteiger charge is -2.37. The number of fused-ring (bicyclic) bond motifs is 1. The first-order valence-electron chi connectivity index (χ1n) is 10.9. The lowest BCUT2D eigenvalue weighted by atomic mass is 9.89. The van der Waals surface area contributed by atoms with Crippen LogP contribution in [0.3, 0.4) is 0 Å². The number of methoxy groups -OCH3 is 1. The summed E-state index contributed by atoms with van der Waals surface area (Å²) < 4.78 is 5.33. The van der Waals surface area contributed by atoms with Crippen LogP contribution in [0.4, 0.5) is 0 Å². The number of H-pyrrole nitrogens is 1. The fraction of sp³-hybridized carbons (Fsp3) is 0.400. The van der Waals surface area contributed by atoms with Gasteiger partial charge in [-0.25, -0.2) is 0 Å². The number of benzene rings is 2. The van der Waals surface area contributed by atoms with Gasteiger partial charge in [-0.1, -0.05) is 30.3 Å². The minimum atomic E-state index is 0.104. The molecule has 0 bridgehead atoms. The Hall–Kier alpha value is -2.79. The summed E-state index contributed by atoms with van der Waals surface area (Å²) in [5.41, 5.74) is 2.92. The minimum absolute atomic E-state index is 0.104. The highest BCUT2D eigenvalue weighted by molar-refractivity contribution is 5.98. The predicted octanol–water partition coefficient (Wildman–Crippen LogP) is 4.74. The van der Waals surface area contributed by atoms with Crippen LogP contribution in [0.5, 0.6) is 5.75 Å². The van der Waals surface area contributed by atoms with Crippen LogP contribution in [0, 0.1) is 0 Å². The highest BCUT2D eigenvalue weighted by atomic mass is 16.5. The first-order valence-corrected chi connectivity index (χ1v) is 10.9. The van der Waals surface area contributed by atoms with Gasteiger partial charge in [-0.2, -0.15) is 0 Å². The Balaban J connectivity index is 1.40. The molecule has 0 aliphatic heterocycles. The van der Waals surface area contributed by atoms with E-state index in [1.54, 1.807) is 7.11 Å². The van der Waals surface area contributed by atoms with Crippen LogP contribution < -0.4 is 10.1 Å². The molecule has 1 aliphatic carbocycles. The Morgan fingerprint density at radius 2 is 2.03 bits per heavy atom. The van der Waals surface area contributed by atoms with Crippen molar-refractivity contribution in [2.24, 2.45) is 0 Å². The summed E-state index contributed by atoms with van der Waals surface area (Å²) in [4.78, 5) is 18.6. The number of para-hydroxylation sites is 1. The zero-order valence-corrected chi connectivity index (χ0v) is 17.9. The van der Waals surface area contributed by atoms with E-state index >= 15 is 0 Å². The van der Waals surface area contributed by atoms with Gasteiger partial charge in [-0.15, -0.1) is 0 Å². The molecule has 3 aromatic rings. The molecular formula is C25H31N3O2. The molecule has 5 nitrogen and oxygen atoms in total. The molecule has 5 heteroatoms. The van der Waals surface area contributed by atoms with Crippen LogP contribution in [0.25, 0.3) is 10.9 Å². The number of carbonyl (C=O) groups is 1. The van der Waals surface area contributed by atoms with Crippen LogP contribution in [-0.2, 0) is 6.54 Å². The Bertz CT molecular complexity index is 964. The molecule has 2 aromatic carbocycles. The maximum atomic E-state index is 13.3. The van der Waals surface area contributed by atoms with Gasteiger partial charge in [0.05, 0.1) is 7.11 Å². The van der Waals surface area contributed by atoms with E-state index in [2.05, 4.69) is 29.4 Å². The highest BCUT2D eigenvalue weighted by Gasteiger charge is 2.29. The van der Waals surface area contributed by atoms with Gasteiger partial charge in [-0.3, -0.25) is 4.79 Å². The zero-order chi connectivity index (χ0) is 20.9.